The Kier molecular flexibility index (Phi) is 7.04. The molecule has 3 rings (SSSR count). The maximum absolute atomic E-state index is 12.6. The minimum absolute atomic E-state index is 0.113. The summed E-state index contributed by atoms with van der Waals surface area (Å²) in [6.07, 6.45) is -3.94. The van der Waals surface area contributed by atoms with Gasteiger partial charge in [0.25, 0.3) is 5.91 Å². The number of fused-ring (bicyclic) bond motifs is 1. The van der Waals surface area contributed by atoms with Gasteiger partial charge >= 0.3 is 6.18 Å². The van der Waals surface area contributed by atoms with Gasteiger partial charge in [-0.05, 0) is 61.4 Å². The van der Waals surface area contributed by atoms with E-state index in [1.54, 1.807) is 0 Å². The Hall–Kier alpha value is -3.23. The maximum Gasteiger partial charge on any atom is 0.416 e. The fourth-order valence-electron chi connectivity index (χ4n) is 3.21. The molecule has 0 aromatic heterocycles. The molecule has 2 aromatic carbocycles. The molecule has 1 unspecified atom stereocenters. The second-order valence-corrected chi connectivity index (χ2v) is 7.04. The number of carbonyl (C=O) groups excluding carboxylic acids is 2. The molecule has 1 aliphatic heterocycles. The van der Waals surface area contributed by atoms with Gasteiger partial charge in [-0.15, -0.1) is 0 Å². The van der Waals surface area contributed by atoms with Crippen molar-refractivity contribution in [1.82, 2.24) is 10.6 Å². The molecule has 0 radical (unpaired) electrons. The number of hydrogen-bond donors (Lipinski definition) is 2. The normalized spacial score (nSPS) is 15.4. The molecule has 0 bridgehead atoms. The van der Waals surface area contributed by atoms with Gasteiger partial charge in [0.15, 0.2) is 0 Å². The van der Waals surface area contributed by atoms with Crippen molar-refractivity contribution in [3.05, 3.63) is 59.2 Å². The number of ether oxygens (including phenoxy) is 2. The maximum atomic E-state index is 12.6. The second-order valence-electron chi connectivity index (χ2n) is 7.04. The van der Waals surface area contributed by atoms with E-state index in [1.165, 1.54) is 0 Å². The molecule has 31 heavy (non-hydrogen) atoms. The van der Waals surface area contributed by atoms with Crippen LogP contribution in [0.2, 0.25) is 0 Å². The van der Waals surface area contributed by atoms with E-state index >= 15 is 0 Å². The highest BCUT2D eigenvalue weighted by Gasteiger charge is 2.30. The Balaban J connectivity index is 1.44. The van der Waals surface area contributed by atoms with E-state index < -0.39 is 17.6 Å². The average molecular weight is 436 g/mol. The Morgan fingerprint density at radius 1 is 1.10 bits per heavy atom. The third kappa shape index (κ3) is 5.90. The lowest BCUT2D eigenvalue weighted by Crippen LogP contribution is -2.41. The largest absolute Gasteiger partial charge is 0.494 e. The predicted molar refractivity (Wildman–Crippen MR) is 107 cm³/mol. The molecular formula is C22H23F3N2O4. The van der Waals surface area contributed by atoms with E-state index in [1.807, 2.05) is 25.1 Å². The van der Waals surface area contributed by atoms with Crippen molar-refractivity contribution in [3.63, 3.8) is 0 Å². The molecule has 0 saturated heterocycles. The summed E-state index contributed by atoms with van der Waals surface area (Å²) in [6, 6.07) is 9.45. The molecule has 166 valence electrons. The molecule has 0 fully saturated rings. The zero-order chi connectivity index (χ0) is 22.4. The molecule has 1 aliphatic rings. The zero-order valence-electron chi connectivity index (χ0n) is 16.9. The average Bonchev–Trinajstić information content (AvgIpc) is 2.75. The van der Waals surface area contributed by atoms with Crippen molar-refractivity contribution in [2.45, 2.75) is 19.5 Å². The number of benzene rings is 2. The smallest absolute Gasteiger partial charge is 0.416 e. The monoisotopic (exact) mass is 436 g/mol. The predicted octanol–water partition coefficient (Wildman–Crippen LogP) is 3.20. The number of alkyl halides is 3. The highest BCUT2D eigenvalue weighted by atomic mass is 19.4. The molecule has 1 heterocycles. The lowest BCUT2D eigenvalue weighted by atomic mass is 9.96. The van der Waals surface area contributed by atoms with Crippen LogP contribution >= 0.6 is 0 Å². The highest BCUT2D eigenvalue weighted by molar-refractivity contribution is 5.94. The van der Waals surface area contributed by atoms with E-state index in [0.717, 1.165) is 41.3 Å². The van der Waals surface area contributed by atoms with Gasteiger partial charge in [-0.2, -0.15) is 13.2 Å². The minimum atomic E-state index is -4.45. The van der Waals surface area contributed by atoms with Crippen LogP contribution in [0.4, 0.5) is 13.2 Å². The standard InChI is InChI=1S/C22H23F3N2O4/c1-2-30-18-7-8-19-15(12-18)11-16(13-31-19)21(29)27-10-9-26-20(28)14-3-5-17(6-4-14)22(23,24)25/h3-8,12,16H,2,9-11,13H2,1H3,(H,26,28)(H,27,29). The van der Waals surface area contributed by atoms with Gasteiger partial charge in [0, 0.05) is 18.7 Å². The van der Waals surface area contributed by atoms with Gasteiger partial charge in [-0.25, -0.2) is 0 Å². The van der Waals surface area contributed by atoms with Gasteiger partial charge in [0.1, 0.15) is 18.1 Å². The van der Waals surface area contributed by atoms with Crippen LogP contribution in [0.1, 0.15) is 28.4 Å². The second kappa shape index (κ2) is 9.72. The summed E-state index contributed by atoms with van der Waals surface area (Å²) < 4.78 is 48.9. The van der Waals surface area contributed by atoms with E-state index in [2.05, 4.69) is 10.6 Å². The van der Waals surface area contributed by atoms with Crippen LogP contribution in [0.25, 0.3) is 0 Å². The van der Waals surface area contributed by atoms with Crippen molar-refractivity contribution in [3.8, 4) is 11.5 Å². The van der Waals surface area contributed by atoms with Crippen LogP contribution < -0.4 is 20.1 Å². The number of hydrogen-bond acceptors (Lipinski definition) is 4. The summed E-state index contributed by atoms with van der Waals surface area (Å²) in [5.41, 5.74) is 0.190. The first-order valence-electron chi connectivity index (χ1n) is 9.89. The van der Waals surface area contributed by atoms with Crippen LogP contribution in [0.3, 0.4) is 0 Å². The molecule has 0 spiro atoms. The Morgan fingerprint density at radius 2 is 1.81 bits per heavy atom. The summed E-state index contributed by atoms with van der Waals surface area (Å²) in [6.45, 7) is 3.02. The Labute approximate surface area is 177 Å². The fraction of sp³-hybridized carbons (Fsp3) is 0.364. The van der Waals surface area contributed by atoms with Crippen molar-refractivity contribution in [2.24, 2.45) is 5.92 Å². The van der Waals surface area contributed by atoms with Crippen molar-refractivity contribution >= 4 is 11.8 Å². The zero-order valence-corrected chi connectivity index (χ0v) is 16.9. The molecule has 2 amide bonds. The Bertz CT molecular complexity index is 929. The van der Waals surface area contributed by atoms with Crippen molar-refractivity contribution < 1.29 is 32.2 Å². The van der Waals surface area contributed by atoms with Crippen molar-refractivity contribution in [2.75, 3.05) is 26.3 Å². The quantitative estimate of drug-likeness (QED) is 0.654. The van der Waals surface area contributed by atoms with Gasteiger partial charge in [-0.1, -0.05) is 0 Å². The molecule has 9 heteroatoms. The topological polar surface area (TPSA) is 76.7 Å². The molecule has 0 saturated carbocycles. The first-order chi connectivity index (χ1) is 14.8. The molecule has 6 nitrogen and oxygen atoms in total. The molecule has 2 aromatic rings. The van der Waals surface area contributed by atoms with Crippen LogP contribution in [-0.4, -0.2) is 38.1 Å². The van der Waals surface area contributed by atoms with Gasteiger partial charge < -0.3 is 20.1 Å². The lowest BCUT2D eigenvalue weighted by molar-refractivity contribution is -0.137. The van der Waals surface area contributed by atoms with E-state index in [9.17, 15) is 22.8 Å². The third-order valence-electron chi connectivity index (χ3n) is 4.80. The summed E-state index contributed by atoms with van der Waals surface area (Å²) in [5.74, 6) is 0.376. The van der Waals surface area contributed by atoms with E-state index in [0.29, 0.717) is 13.0 Å². The minimum Gasteiger partial charge on any atom is -0.494 e. The van der Waals surface area contributed by atoms with Gasteiger partial charge in [0.05, 0.1) is 18.1 Å². The first kappa shape index (κ1) is 22.5. The number of halogens is 3. The Morgan fingerprint density at radius 3 is 2.48 bits per heavy atom. The summed E-state index contributed by atoms with van der Waals surface area (Å²) in [5, 5.41) is 5.32. The molecule has 0 aliphatic carbocycles. The SMILES string of the molecule is CCOc1ccc2c(c1)CC(C(=O)NCCNC(=O)c1ccc(C(F)(F)F)cc1)CO2. The number of rotatable bonds is 7. The molecule has 1 atom stereocenters. The summed E-state index contributed by atoms with van der Waals surface area (Å²) in [7, 11) is 0. The van der Waals surface area contributed by atoms with Gasteiger partial charge in [-0.3, -0.25) is 9.59 Å². The number of amides is 2. The van der Waals surface area contributed by atoms with Crippen LogP contribution in [-0.2, 0) is 17.4 Å². The third-order valence-corrected chi connectivity index (χ3v) is 4.80. The number of carbonyl (C=O) groups is 2. The van der Waals surface area contributed by atoms with E-state index in [-0.39, 0.29) is 37.1 Å². The lowest BCUT2D eigenvalue weighted by Gasteiger charge is -2.25. The number of nitrogens with one attached hydrogen (secondary N) is 2. The van der Waals surface area contributed by atoms with E-state index in [4.69, 9.17) is 9.47 Å². The van der Waals surface area contributed by atoms with Gasteiger partial charge in [0.2, 0.25) is 5.91 Å². The summed E-state index contributed by atoms with van der Waals surface area (Å²) in [4.78, 5) is 24.5. The van der Waals surface area contributed by atoms with Crippen molar-refractivity contribution in [1.29, 1.82) is 0 Å². The first-order valence-corrected chi connectivity index (χ1v) is 9.89. The fourth-order valence-corrected chi connectivity index (χ4v) is 3.21. The van der Waals surface area contributed by atoms with Crippen LogP contribution in [0, 0.1) is 5.92 Å². The highest BCUT2D eigenvalue weighted by Crippen LogP contribution is 2.31. The molecular weight excluding hydrogens is 413 g/mol. The van der Waals surface area contributed by atoms with Crippen LogP contribution in [0.5, 0.6) is 11.5 Å². The summed E-state index contributed by atoms with van der Waals surface area (Å²) >= 11 is 0. The van der Waals surface area contributed by atoms with Crippen LogP contribution in [0.15, 0.2) is 42.5 Å². The molecule has 2 N–H and O–H groups in total.